The van der Waals surface area contributed by atoms with Gasteiger partial charge in [0.05, 0.1) is 12.7 Å². The average molecular weight is 476 g/mol. The van der Waals surface area contributed by atoms with Gasteiger partial charge in [0.2, 0.25) is 5.76 Å². The fourth-order valence-electron chi connectivity index (χ4n) is 3.03. The molecule has 3 aromatic rings. The molecule has 180 valence electrons. The lowest BCUT2D eigenvalue weighted by Gasteiger charge is -2.18. The van der Waals surface area contributed by atoms with Crippen molar-refractivity contribution in [2.45, 2.75) is 32.7 Å². The first kappa shape index (κ1) is 24.8. The molecule has 1 atom stereocenters. The first-order chi connectivity index (χ1) is 16.1. The normalized spacial score (nSPS) is 12.3. The number of hydrogen-bond donors (Lipinski definition) is 1. The Bertz CT molecular complexity index is 1120. The first-order valence-electron chi connectivity index (χ1n) is 10.3. The number of esters is 1. The van der Waals surface area contributed by atoms with E-state index in [1.165, 1.54) is 25.3 Å². The summed E-state index contributed by atoms with van der Waals surface area (Å²) in [6.07, 6.45) is -4.38. The van der Waals surface area contributed by atoms with Gasteiger partial charge in [-0.15, -0.1) is 0 Å². The highest BCUT2D eigenvalue weighted by Crippen LogP contribution is 2.29. The van der Waals surface area contributed by atoms with Crippen LogP contribution in [0.2, 0.25) is 0 Å². The van der Waals surface area contributed by atoms with Crippen molar-refractivity contribution in [1.29, 1.82) is 0 Å². The van der Waals surface area contributed by atoms with Crippen molar-refractivity contribution < 1.29 is 36.8 Å². The molecule has 0 bridgehead atoms. The number of halogens is 3. The van der Waals surface area contributed by atoms with E-state index in [2.05, 4.69) is 10.5 Å². The third-order valence-electron chi connectivity index (χ3n) is 4.98. The number of ether oxygens (including phenoxy) is 2. The minimum absolute atomic E-state index is 0.0628. The van der Waals surface area contributed by atoms with E-state index in [1.807, 2.05) is 0 Å². The number of nitrogens with zero attached hydrogens (tertiary/aromatic N) is 1. The molecule has 0 aliphatic heterocycles. The van der Waals surface area contributed by atoms with Gasteiger partial charge in [-0.1, -0.05) is 31.1 Å². The van der Waals surface area contributed by atoms with Gasteiger partial charge in [0, 0.05) is 11.6 Å². The van der Waals surface area contributed by atoms with Crippen LogP contribution < -0.4 is 10.1 Å². The second kappa shape index (κ2) is 10.4. The van der Waals surface area contributed by atoms with Crippen LogP contribution in [0.5, 0.6) is 5.75 Å². The maximum Gasteiger partial charge on any atom is 0.416 e. The fraction of sp³-hybridized carbons (Fsp3) is 0.292. The first-order valence-corrected chi connectivity index (χ1v) is 10.3. The Labute approximate surface area is 193 Å². The van der Waals surface area contributed by atoms with Crippen LogP contribution in [0.4, 0.5) is 13.2 Å². The number of alkyl halides is 3. The predicted molar refractivity (Wildman–Crippen MR) is 116 cm³/mol. The van der Waals surface area contributed by atoms with Crippen LogP contribution in [0.15, 0.2) is 59.1 Å². The van der Waals surface area contributed by atoms with E-state index in [0.29, 0.717) is 22.6 Å². The quantitative estimate of drug-likeness (QED) is 0.467. The van der Waals surface area contributed by atoms with E-state index in [0.717, 1.165) is 12.1 Å². The van der Waals surface area contributed by atoms with Gasteiger partial charge in [-0.2, -0.15) is 13.2 Å². The smallest absolute Gasteiger partial charge is 0.416 e. The van der Waals surface area contributed by atoms with Gasteiger partial charge in [-0.3, -0.25) is 4.79 Å². The summed E-state index contributed by atoms with van der Waals surface area (Å²) in [7, 11) is 1.24. The monoisotopic (exact) mass is 476 g/mol. The number of hydrogen-bond acceptors (Lipinski definition) is 6. The van der Waals surface area contributed by atoms with Gasteiger partial charge in [0.25, 0.3) is 5.91 Å². The number of benzene rings is 2. The van der Waals surface area contributed by atoms with Gasteiger partial charge in [0.1, 0.15) is 24.1 Å². The van der Waals surface area contributed by atoms with Gasteiger partial charge in [0.15, 0.2) is 0 Å². The summed E-state index contributed by atoms with van der Waals surface area (Å²) in [5.41, 5.74) is 0.929. The van der Waals surface area contributed by atoms with Crippen molar-refractivity contribution in [1.82, 2.24) is 10.5 Å². The molecule has 7 nitrogen and oxygen atoms in total. The van der Waals surface area contributed by atoms with E-state index in [-0.39, 0.29) is 18.3 Å². The Morgan fingerprint density at radius 1 is 1.06 bits per heavy atom. The topological polar surface area (TPSA) is 90.7 Å². The molecule has 1 amide bonds. The maximum absolute atomic E-state index is 12.6. The molecule has 34 heavy (non-hydrogen) atoms. The molecule has 0 radical (unpaired) electrons. The number of rotatable bonds is 8. The molecule has 0 fully saturated rings. The summed E-state index contributed by atoms with van der Waals surface area (Å²) < 4.78 is 53.4. The molecule has 2 aromatic carbocycles. The Kier molecular flexibility index (Phi) is 7.60. The summed E-state index contributed by atoms with van der Waals surface area (Å²) >= 11 is 0. The van der Waals surface area contributed by atoms with Crippen LogP contribution in [0.3, 0.4) is 0 Å². The number of carbonyl (C=O) groups is 2. The zero-order valence-electron chi connectivity index (χ0n) is 18.7. The van der Waals surface area contributed by atoms with Crippen molar-refractivity contribution in [2.75, 3.05) is 7.11 Å². The zero-order chi connectivity index (χ0) is 24.9. The summed E-state index contributed by atoms with van der Waals surface area (Å²) in [6, 6.07) is 12.1. The number of nitrogens with one attached hydrogen (secondary N) is 1. The molecule has 0 saturated carbocycles. The second-order valence-corrected chi connectivity index (χ2v) is 7.80. The van der Waals surface area contributed by atoms with Gasteiger partial charge >= 0.3 is 12.1 Å². The Hall–Kier alpha value is -3.82. The molecule has 3 rings (SSSR count). The van der Waals surface area contributed by atoms with Crippen molar-refractivity contribution in [3.05, 3.63) is 71.5 Å². The van der Waals surface area contributed by atoms with Crippen LogP contribution in [-0.4, -0.2) is 30.2 Å². The molecule has 1 heterocycles. The fourth-order valence-corrected chi connectivity index (χ4v) is 3.03. The molecule has 1 N–H and O–H groups in total. The van der Waals surface area contributed by atoms with E-state index >= 15 is 0 Å². The van der Waals surface area contributed by atoms with Crippen molar-refractivity contribution in [3.8, 4) is 17.0 Å². The van der Waals surface area contributed by atoms with Crippen LogP contribution >= 0.6 is 0 Å². The lowest BCUT2D eigenvalue weighted by Crippen LogP contribution is -2.44. The molecule has 10 heteroatoms. The van der Waals surface area contributed by atoms with Gasteiger partial charge in [-0.05, 0) is 47.9 Å². The Balaban J connectivity index is 1.61. The van der Waals surface area contributed by atoms with E-state index in [4.69, 9.17) is 14.0 Å². The lowest BCUT2D eigenvalue weighted by atomic mass is 10.0. The number of amides is 1. The average Bonchev–Trinajstić information content (AvgIpc) is 3.31. The van der Waals surface area contributed by atoms with E-state index in [9.17, 15) is 22.8 Å². The number of methoxy groups -OCH3 is 1. The molecule has 1 unspecified atom stereocenters. The number of aromatic nitrogens is 1. The van der Waals surface area contributed by atoms with Gasteiger partial charge in [-0.25, -0.2) is 4.79 Å². The highest BCUT2D eigenvalue weighted by atomic mass is 19.4. The minimum Gasteiger partial charge on any atom is -0.489 e. The summed E-state index contributed by atoms with van der Waals surface area (Å²) in [5.74, 6) is -0.904. The maximum atomic E-state index is 12.6. The largest absolute Gasteiger partial charge is 0.489 e. The SMILES string of the molecule is COC(=O)C(NC(=O)c1cc(-c2ccc(OCc3ccc(C(F)(F)F)cc3)cc2)no1)C(C)C. The third-order valence-corrected chi connectivity index (χ3v) is 4.98. The molecular weight excluding hydrogens is 453 g/mol. The van der Waals surface area contributed by atoms with Crippen LogP contribution in [0.1, 0.15) is 35.5 Å². The molecule has 1 aromatic heterocycles. The molecule has 0 aliphatic carbocycles. The molecule has 0 spiro atoms. The van der Waals surface area contributed by atoms with Crippen molar-refractivity contribution >= 4 is 11.9 Å². The third kappa shape index (κ3) is 6.15. The molecule has 0 aliphatic rings. The van der Waals surface area contributed by atoms with Crippen LogP contribution in [-0.2, 0) is 22.3 Å². The summed E-state index contributed by atoms with van der Waals surface area (Å²) in [4.78, 5) is 24.3. The van der Waals surface area contributed by atoms with Crippen LogP contribution in [0, 0.1) is 5.92 Å². The lowest BCUT2D eigenvalue weighted by molar-refractivity contribution is -0.144. The summed E-state index contributed by atoms with van der Waals surface area (Å²) in [5, 5.41) is 6.46. The Morgan fingerprint density at radius 2 is 1.71 bits per heavy atom. The van der Waals surface area contributed by atoms with Gasteiger partial charge < -0.3 is 19.3 Å². The van der Waals surface area contributed by atoms with E-state index < -0.39 is 29.7 Å². The highest BCUT2D eigenvalue weighted by molar-refractivity contribution is 5.95. The molecular formula is C24H23F3N2O5. The molecule has 0 saturated heterocycles. The highest BCUT2D eigenvalue weighted by Gasteiger charge is 2.30. The minimum atomic E-state index is -4.38. The second-order valence-electron chi connectivity index (χ2n) is 7.80. The Morgan fingerprint density at radius 3 is 2.26 bits per heavy atom. The number of carbonyl (C=O) groups excluding carboxylic acids is 2. The van der Waals surface area contributed by atoms with E-state index in [1.54, 1.807) is 38.1 Å². The zero-order valence-corrected chi connectivity index (χ0v) is 18.7. The summed E-state index contributed by atoms with van der Waals surface area (Å²) in [6.45, 7) is 3.65. The van der Waals surface area contributed by atoms with Crippen molar-refractivity contribution in [3.63, 3.8) is 0 Å². The van der Waals surface area contributed by atoms with Crippen molar-refractivity contribution in [2.24, 2.45) is 5.92 Å². The predicted octanol–water partition coefficient (Wildman–Crippen LogP) is 4.87. The van der Waals surface area contributed by atoms with Crippen LogP contribution in [0.25, 0.3) is 11.3 Å². The standard InChI is InChI=1S/C24H23F3N2O5/c1-14(2)21(23(31)32-3)28-22(30)20-12-19(29-34-20)16-6-10-18(11-7-16)33-13-15-4-8-17(9-5-15)24(25,26)27/h4-12,14,21H,13H2,1-3H3,(H,28,30).